The molecule has 0 heterocycles. The number of carbonyl (C=O) groups is 1. The van der Waals surface area contributed by atoms with E-state index in [1.165, 1.54) is 7.11 Å². The topological polar surface area (TPSA) is 44.8 Å². The summed E-state index contributed by atoms with van der Waals surface area (Å²) in [5, 5.41) is 0. The maximum atomic E-state index is 10.6. The van der Waals surface area contributed by atoms with Gasteiger partial charge in [0.1, 0.15) is 0 Å². The van der Waals surface area contributed by atoms with Crippen molar-refractivity contribution in [3.63, 3.8) is 0 Å². The molecule has 0 aromatic heterocycles. The van der Waals surface area contributed by atoms with Gasteiger partial charge in [-0.05, 0) is 6.42 Å². The molecular formula is C8H16O4. The first-order valence-corrected chi connectivity index (χ1v) is 4.09. The summed E-state index contributed by atoms with van der Waals surface area (Å²) in [5.41, 5.74) is 0. The molecule has 0 aliphatic rings. The highest BCUT2D eigenvalue weighted by Gasteiger charge is 2.01. The lowest BCUT2D eigenvalue weighted by atomic mass is 10.3. The van der Waals surface area contributed by atoms with Gasteiger partial charge in [0.15, 0.2) is 6.79 Å². The number of hydrogen-bond donors (Lipinski definition) is 0. The largest absolute Gasteiger partial charge is 0.510 e. The summed E-state index contributed by atoms with van der Waals surface area (Å²) in [6.07, 6.45) is 2.40. The van der Waals surface area contributed by atoms with Gasteiger partial charge in [0.2, 0.25) is 0 Å². The van der Waals surface area contributed by atoms with Crippen molar-refractivity contribution in [2.75, 3.05) is 20.5 Å². The first-order valence-electron chi connectivity index (χ1n) is 4.09. The fraction of sp³-hybridized carbons (Fsp3) is 0.875. The Kier molecular flexibility index (Phi) is 7.79. The summed E-state index contributed by atoms with van der Waals surface area (Å²) in [6.45, 7) is 2.46. The minimum atomic E-state index is -0.659. The van der Waals surface area contributed by atoms with Crippen LogP contribution in [0.3, 0.4) is 0 Å². The van der Waals surface area contributed by atoms with Crippen molar-refractivity contribution in [2.45, 2.75) is 26.2 Å². The molecule has 0 aliphatic heterocycles. The van der Waals surface area contributed by atoms with Crippen LogP contribution < -0.4 is 0 Å². The minimum absolute atomic E-state index is 0.0490. The normalized spacial score (nSPS) is 9.50. The van der Waals surface area contributed by atoms with Gasteiger partial charge in [-0.1, -0.05) is 19.8 Å². The number of methoxy groups -OCH3 is 1. The highest BCUT2D eigenvalue weighted by atomic mass is 16.8. The molecule has 12 heavy (non-hydrogen) atoms. The highest BCUT2D eigenvalue weighted by Crippen LogP contribution is 1.95. The van der Waals surface area contributed by atoms with E-state index in [2.05, 4.69) is 16.4 Å². The van der Waals surface area contributed by atoms with Gasteiger partial charge >= 0.3 is 6.16 Å². The number of rotatable bonds is 6. The van der Waals surface area contributed by atoms with Gasteiger partial charge in [-0.3, -0.25) is 0 Å². The van der Waals surface area contributed by atoms with Crippen molar-refractivity contribution >= 4 is 6.16 Å². The van der Waals surface area contributed by atoms with Crippen molar-refractivity contribution < 1.29 is 19.0 Å². The molecule has 4 nitrogen and oxygen atoms in total. The fourth-order valence-corrected chi connectivity index (χ4v) is 0.656. The van der Waals surface area contributed by atoms with Crippen LogP contribution in [0.25, 0.3) is 0 Å². The molecule has 0 radical (unpaired) electrons. The van der Waals surface area contributed by atoms with Crippen LogP contribution in [0.5, 0.6) is 0 Å². The molecule has 0 unspecified atom stereocenters. The summed E-state index contributed by atoms with van der Waals surface area (Å²) in [6, 6.07) is 0. The third-order valence-corrected chi connectivity index (χ3v) is 1.26. The van der Waals surface area contributed by atoms with E-state index < -0.39 is 6.16 Å². The van der Waals surface area contributed by atoms with Gasteiger partial charge in [-0.2, -0.15) is 0 Å². The van der Waals surface area contributed by atoms with Crippen molar-refractivity contribution in [1.29, 1.82) is 0 Å². The van der Waals surface area contributed by atoms with E-state index >= 15 is 0 Å². The van der Waals surface area contributed by atoms with Crippen LogP contribution >= 0.6 is 0 Å². The zero-order chi connectivity index (χ0) is 9.23. The molecular weight excluding hydrogens is 160 g/mol. The molecule has 0 saturated carbocycles. The third-order valence-electron chi connectivity index (χ3n) is 1.26. The van der Waals surface area contributed by atoms with Crippen molar-refractivity contribution in [2.24, 2.45) is 0 Å². The number of unbranched alkanes of at least 4 members (excludes halogenated alkanes) is 2. The van der Waals surface area contributed by atoms with Crippen LogP contribution in [0, 0.1) is 0 Å². The fourth-order valence-electron chi connectivity index (χ4n) is 0.656. The molecule has 0 amide bonds. The minimum Gasteiger partial charge on any atom is -0.434 e. The Bertz CT molecular complexity index is 114. The lowest BCUT2D eigenvalue weighted by Gasteiger charge is -2.03. The predicted octanol–water partition coefficient (Wildman–Crippen LogP) is 1.93. The van der Waals surface area contributed by atoms with Gasteiger partial charge in [0, 0.05) is 7.11 Å². The summed E-state index contributed by atoms with van der Waals surface area (Å²) in [4.78, 5) is 10.6. The lowest BCUT2D eigenvalue weighted by molar-refractivity contribution is -0.0264. The predicted molar refractivity (Wildman–Crippen MR) is 43.8 cm³/mol. The Morgan fingerprint density at radius 1 is 1.25 bits per heavy atom. The van der Waals surface area contributed by atoms with Crippen molar-refractivity contribution in [3.05, 3.63) is 0 Å². The van der Waals surface area contributed by atoms with E-state index in [1.807, 2.05) is 0 Å². The molecule has 0 saturated heterocycles. The van der Waals surface area contributed by atoms with Crippen molar-refractivity contribution in [1.82, 2.24) is 0 Å². The van der Waals surface area contributed by atoms with Crippen LogP contribution in [-0.2, 0) is 14.2 Å². The van der Waals surface area contributed by atoms with Gasteiger partial charge in [0.25, 0.3) is 0 Å². The van der Waals surface area contributed by atoms with E-state index in [0.717, 1.165) is 19.3 Å². The van der Waals surface area contributed by atoms with Crippen LogP contribution in [0.15, 0.2) is 0 Å². The molecule has 4 heteroatoms. The average molecular weight is 176 g/mol. The van der Waals surface area contributed by atoms with E-state index in [4.69, 9.17) is 4.74 Å². The van der Waals surface area contributed by atoms with E-state index in [-0.39, 0.29) is 6.79 Å². The molecule has 0 N–H and O–H groups in total. The van der Waals surface area contributed by atoms with Gasteiger partial charge in [-0.15, -0.1) is 0 Å². The zero-order valence-electron chi connectivity index (χ0n) is 7.67. The van der Waals surface area contributed by atoms with Gasteiger partial charge in [0.05, 0.1) is 6.61 Å². The molecule has 0 rings (SSSR count). The second-order valence-electron chi connectivity index (χ2n) is 2.36. The standard InChI is InChI=1S/C8H16O4/c1-3-4-5-6-11-8(9)12-7-10-2/h3-7H2,1-2H3. The zero-order valence-corrected chi connectivity index (χ0v) is 7.67. The first-order chi connectivity index (χ1) is 5.81. The van der Waals surface area contributed by atoms with E-state index in [1.54, 1.807) is 0 Å². The highest BCUT2D eigenvalue weighted by molar-refractivity contribution is 5.59. The number of ether oxygens (including phenoxy) is 3. The van der Waals surface area contributed by atoms with Crippen LogP contribution in [0.1, 0.15) is 26.2 Å². The maximum absolute atomic E-state index is 10.6. The molecule has 0 bridgehead atoms. The molecule has 0 aromatic rings. The van der Waals surface area contributed by atoms with Crippen LogP contribution in [0.4, 0.5) is 4.79 Å². The molecule has 72 valence electrons. The molecule has 0 fully saturated rings. The Morgan fingerprint density at radius 3 is 2.58 bits per heavy atom. The van der Waals surface area contributed by atoms with E-state index in [0.29, 0.717) is 6.61 Å². The summed E-state index contributed by atoms with van der Waals surface area (Å²) in [7, 11) is 1.45. The van der Waals surface area contributed by atoms with E-state index in [9.17, 15) is 4.79 Å². The van der Waals surface area contributed by atoms with Gasteiger partial charge < -0.3 is 14.2 Å². The molecule has 0 aromatic carbocycles. The smallest absolute Gasteiger partial charge is 0.434 e. The van der Waals surface area contributed by atoms with Crippen LogP contribution in [0.2, 0.25) is 0 Å². The Morgan fingerprint density at radius 2 is 2.00 bits per heavy atom. The summed E-state index contributed by atoms with van der Waals surface area (Å²) >= 11 is 0. The number of hydrogen-bond acceptors (Lipinski definition) is 4. The quantitative estimate of drug-likeness (QED) is 0.352. The maximum Gasteiger partial charge on any atom is 0.510 e. The number of carbonyl (C=O) groups excluding carboxylic acids is 1. The summed E-state index contributed by atoms with van der Waals surface area (Å²) in [5.74, 6) is 0. The van der Waals surface area contributed by atoms with Crippen LogP contribution in [-0.4, -0.2) is 26.7 Å². The Labute approximate surface area is 72.8 Å². The second-order valence-corrected chi connectivity index (χ2v) is 2.36. The average Bonchev–Trinajstić information content (AvgIpc) is 2.09. The third kappa shape index (κ3) is 7.34. The second kappa shape index (κ2) is 8.33. The van der Waals surface area contributed by atoms with Crippen molar-refractivity contribution in [3.8, 4) is 0 Å². The molecule has 0 spiro atoms. The molecule has 0 aliphatic carbocycles. The Hall–Kier alpha value is -0.770. The molecule has 0 atom stereocenters. The summed E-state index contributed by atoms with van der Waals surface area (Å²) < 4.78 is 13.7. The SMILES string of the molecule is CCCCCOC(=O)OCOC. The first kappa shape index (κ1) is 11.2. The lowest BCUT2D eigenvalue weighted by Crippen LogP contribution is -2.10. The van der Waals surface area contributed by atoms with Gasteiger partial charge in [-0.25, -0.2) is 4.79 Å². The monoisotopic (exact) mass is 176 g/mol. The Balaban J connectivity index is 3.08.